The topological polar surface area (TPSA) is 46.2 Å². The minimum absolute atomic E-state index is 0.141. The van der Waals surface area contributed by atoms with Crippen molar-refractivity contribution in [3.8, 4) is 0 Å². The van der Waals surface area contributed by atoms with Crippen molar-refractivity contribution in [2.75, 3.05) is 0 Å². The lowest BCUT2D eigenvalue weighted by Crippen LogP contribution is -2.38. The average Bonchev–Trinajstić information content (AvgIpc) is 2.35. The Labute approximate surface area is 103 Å². The number of carbonyl (C=O) groups excluding carboxylic acids is 2. The van der Waals surface area contributed by atoms with E-state index in [1.165, 1.54) is 0 Å². The SMILES string of the molecule is O=C1CCC(NC(=O)c2cc(F)ccc2F)CC1. The lowest BCUT2D eigenvalue weighted by atomic mass is 9.94. The average molecular weight is 253 g/mol. The van der Waals surface area contributed by atoms with Crippen LogP contribution in [0, 0.1) is 11.6 Å². The predicted molar refractivity (Wildman–Crippen MR) is 61.1 cm³/mol. The van der Waals surface area contributed by atoms with E-state index < -0.39 is 17.5 Å². The third kappa shape index (κ3) is 2.91. The Hall–Kier alpha value is -1.78. The van der Waals surface area contributed by atoms with Crippen molar-refractivity contribution in [3.63, 3.8) is 0 Å². The van der Waals surface area contributed by atoms with Crippen molar-refractivity contribution >= 4 is 11.7 Å². The van der Waals surface area contributed by atoms with E-state index in [4.69, 9.17) is 0 Å². The molecule has 1 N–H and O–H groups in total. The highest BCUT2D eigenvalue weighted by molar-refractivity contribution is 5.94. The van der Waals surface area contributed by atoms with E-state index in [1.807, 2.05) is 0 Å². The molecule has 1 fully saturated rings. The van der Waals surface area contributed by atoms with E-state index in [-0.39, 0.29) is 17.4 Å². The number of benzene rings is 1. The van der Waals surface area contributed by atoms with Gasteiger partial charge in [-0.2, -0.15) is 0 Å². The molecule has 3 nitrogen and oxygen atoms in total. The van der Waals surface area contributed by atoms with E-state index >= 15 is 0 Å². The van der Waals surface area contributed by atoms with E-state index in [1.54, 1.807) is 0 Å². The molecule has 2 rings (SSSR count). The summed E-state index contributed by atoms with van der Waals surface area (Å²) >= 11 is 0. The fourth-order valence-electron chi connectivity index (χ4n) is 2.02. The molecule has 1 aromatic rings. The lowest BCUT2D eigenvalue weighted by molar-refractivity contribution is -0.120. The van der Waals surface area contributed by atoms with Gasteiger partial charge in [0, 0.05) is 18.9 Å². The molecular formula is C13H13F2NO2. The molecular weight excluding hydrogens is 240 g/mol. The summed E-state index contributed by atoms with van der Waals surface area (Å²) in [5, 5.41) is 2.63. The smallest absolute Gasteiger partial charge is 0.254 e. The Morgan fingerprint density at radius 3 is 2.56 bits per heavy atom. The molecule has 5 heteroatoms. The van der Waals surface area contributed by atoms with Gasteiger partial charge in [-0.05, 0) is 31.0 Å². The Morgan fingerprint density at radius 2 is 1.89 bits per heavy atom. The summed E-state index contributed by atoms with van der Waals surface area (Å²) in [5.41, 5.74) is -0.299. The predicted octanol–water partition coefficient (Wildman–Crippen LogP) is 2.21. The number of hydrogen-bond donors (Lipinski definition) is 1. The number of rotatable bonds is 2. The van der Waals surface area contributed by atoms with Gasteiger partial charge in [-0.25, -0.2) is 8.78 Å². The molecule has 0 heterocycles. The summed E-state index contributed by atoms with van der Waals surface area (Å²) in [7, 11) is 0. The fraction of sp³-hybridized carbons (Fsp3) is 0.385. The van der Waals surface area contributed by atoms with Gasteiger partial charge in [-0.1, -0.05) is 0 Å². The van der Waals surface area contributed by atoms with Crippen LogP contribution in [0.4, 0.5) is 8.78 Å². The van der Waals surface area contributed by atoms with Crippen molar-refractivity contribution in [2.24, 2.45) is 0 Å². The lowest BCUT2D eigenvalue weighted by Gasteiger charge is -2.22. The van der Waals surface area contributed by atoms with Crippen molar-refractivity contribution in [1.82, 2.24) is 5.32 Å². The molecule has 0 radical (unpaired) electrons. The van der Waals surface area contributed by atoms with Crippen LogP contribution in [-0.2, 0) is 4.79 Å². The fourth-order valence-corrected chi connectivity index (χ4v) is 2.02. The molecule has 0 unspecified atom stereocenters. The molecule has 1 aromatic carbocycles. The Bertz CT molecular complexity index is 478. The maximum absolute atomic E-state index is 13.4. The third-order valence-corrected chi connectivity index (χ3v) is 3.05. The number of Topliss-reactive ketones (excluding diaryl/α,β-unsaturated/α-hetero) is 1. The van der Waals surface area contributed by atoms with Gasteiger partial charge in [-0.3, -0.25) is 9.59 Å². The number of nitrogens with one attached hydrogen (secondary N) is 1. The van der Waals surface area contributed by atoms with Crippen LogP contribution < -0.4 is 5.32 Å². The molecule has 1 saturated carbocycles. The van der Waals surface area contributed by atoms with Gasteiger partial charge in [0.15, 0.2) is 0 Å². The molecule has 0 aliphatic heterocycles. The van der Waals surface area contributed by atoms with E-state index in [2.05, 4.69) is 5.32 Å². The first-order valence-electron chi connectivity index (χ1n) is 5.84. The normalized spacial score (nSPS) is 16.7. The number of halogens is 2. The standard InChI is InChI=1S/C13H13F2NO2/c14-8-1-6-12(15)11(7-8)13(18)16-9-2-4-10(17)5-3-9/h1,6-7,9H,2-5H2,(H,16,18). The first kappa shape index (κ1) is 12.7. The van der Waals surface area contributed by atoms with Gasteiger partial charge in [0.25, 0.3) is 5.91 Å². The van der Waals surface area contributed by atoms with Crippen LogP contribution in [0.2, 0.25) is 0 Å². The second kappa shape index (κ2) is 5.25. The molecule has 1 aliphatic rings. The van der Waals surface area contributed by atoms with Gasteiger partial charge < -0.3 is 5.32 Å². The Balaban J connectivity index is 2.03. The zero-order valence-electron chi connectivity index (χ0n) is 9.71. The monoisotopic (exact) mass is 253 g/mol. The van der Waals surface area contributed by atoms with Gasteiger partial charge in [0.05, 0.1) is 5.56 Å². The molecule has 18 heavy (non-hydrogen) atoms. The molecule has 0 aromatic heterocycles. The third-order valence-electron chi connectivity index (χ3n) is 3.05. The molecule has 1 amide bonds. The summed E-state index contributed by atoms with van der Waals surface area (Å²) in [6, 6.07) is 2.62. The molecule has 0 atom stereocenters. The highest BCUT2D eigenvalue weighted by atomic mass is 19.1. The molecule has 1 aliphatic carbocycles. The van der Waals surface area contributed by atoms with E-state index in [0.717, 1.165) is 18.2 Å². The summed E-state index contributed by atoms with van der Waals surface area (Å²) < 4.78 is 26.3. The van der Waals surface area contributed by atoms with Crippen LogP contribution in [0.25, 0.3) is 0 Å². The van der Waals surface area contributed by atoms with Crippen LogP contribution in [0.5, 0.6) is 0 Å². The molecule has 0 saturated heterocycles. The van der Waals surface area contributed by atoms with Crippen molar-refractivity contribution in [1.29, 1.82) is 0 Å². The largest absolute Gasteiger partial charge is 0.349 e. The van der Waals surface area contributed by atoms with Crippen LogP contribution >= 0.6 is 0 Å². The maximum atomic E-state index is 13.4. The van der Waals surface area contributed by atoms with Crippen molar-refractivity contribution < 1.29 is 18.4 Å². The maximum Gasteiger partial charge on any atom is 0.254 e. The zero-order chi connectivity index (χ0) is 13.1. The number of carbonyl (C=O) groups is 2. The van der Waals surface area contributed by atoms with Gasteiger partial charge in [0.1, 0.15) is 17.4 Å². The highest BCUT2D eigenvalue weighted by Crippen LogP contribution is 2.16. The van der Waals surface area contributed by atoms with Crippen LogP contribution in [0.3, 0.4) is 0 Å². The Morgan fingerprint density at radius 1 is 1.22 bits per heavy atom. The summed E-state index contributed by atoms with van der Waals surface area (Å²) in [5.74, 6) is -1.86. The van der Waals surface area contributed by atoms with Crippen LogP contribution in [0.1, 0.15) is 36.0 Å². The van der Waals surface area contributed by atoms with Crippen LogP contribution in [0.15, 0.2) is 18.2 Å². The summed E-state index contributed by atoms with van der Waals surface area (Å²) in [6.45, 7) is 0. The first-order chi connectivity index (χ1) is 8.56. The van der Waals surface area contributed by atoms with E-state index in [0.29, 0.717) is 25.7 Å². The van der Waals surface area contributed by atoms with Gasteiger partial charge in [0.2, 0.25) is 0 Å². The van der Waals surface area contributed by atoms with Crippen molar-refractivity contribution in [2.45, 2.75) is 31.7 Å². The number of hydrogen-bond acceptors (Lipinski definition) is 2. The zero-order valence-corrected chi connectivity index (χ0v) is 9.71. The summed E-state index contributed by atoms with van der Waals surface area (Å²) in [4.78, 5) is 22.8. The second-order valence-corrected chi connectivity index (χ2v) is 4.41. The molecule has 0 bridgehead atoms. The number of amides is 1. The minimum atomic E-state index is -0.749. The quantitative estimate of drug-likeness (QED) is 0.878. The van der Waals surface area contributed by atoms with Gasteiger partial charge in [-0.15, -0.1) is 0 Å². The first-order valence-corrected chi connectivity index (χ1v) is 5.84. The molecule has 96 valence electrons. The molecule has 0 spiro atoms. The van der Waals surface area contributed by atoms with E-state index in [9.17, 15) is 18.4 Å². The number of ketones is 1. The van der Waals surface area contributed by atoms with Gasteiger partial charge >= 0.3 is 0 Å². The highest BCUT2D eigenvalue weighted by Gasteiger charge is 2.22. The Kier molecular flexibility index (Phi) is 3.69. The van der Waals surface area contributed by atoms with Crippen LogP contribution in [-0.4, -0.2) is 17.7 Å². The van der Waals surface area contributed by atoms with Crippen molar-refractivity contribution in [3.05, 3.63) is 35.4 Å². The summed E-state index contributed by atoms with van der Waals surface area (Å²) in [6.07, 6.45) is 1.97. The second-order valence-electron chi connectivity index (χ2n) is 4.41. The minimum Gasteiger partial charge on any atom is -0.349 e.